The molecule has 2 aromatic rings. The van der Waals surface area contributed by atoms with Crippen LogP contribution in [0.5, 0.6) is 0 Å². The molecule has 0 aliphatic heterocycles. The number of aromatic amines is 1. The third-order valence-electron chi connectivity index (χ3n) is 1.49. The van der Waals surface area contributed by atoms with E-state index in [9.17, 15) is 8.78 Å². The smallest absolute Gasteiger partial charge is 0.209 e. The molecule has 5 heteroatoms. The molecule has 0 atom stereocenters. The second-order valence-electron chi connectivity index (χ2n) is 2.39. The summed E-state index contributed by atoms with van der Waals surface area (Å²) in [5, 5.41) is 1.83. The molecule has 0 amide bonds. The van der Waals surface area contributed by atoms with Gasteiger partial charge in [0.15, 0.2) is 5.69 Å². The van der Waals surface area contributed by atoms with Gasteiger partial charge in [-0.05, 0) is 11.4 Å². The van der Waals surface area contributed by atoms with Gasteiger partial charge in [-0.1, -0.05) is 6.07 Å². The Morgan fingerprint density at radius 2 is 2.23 bits per heavy atom. The minimum absolute atomic E-state index is 0.403. The highest BCUT2D eigenvalue weighted by molar-refractivity contribution is 7.13. The number of thiophene rings is 1. The van der Waals surface area contributed by atoms with Crippen LogP contribution in [0.3, 0.4) is 0 Å². The van der Waals surface area contributed by atoms with E-state index in [1.165, 1.54) is 11.3 Å². The summed E-state index contributed by atoms with van der Waals surface area (Å²) in [4.78, 5) is 6.08. The predicted molar refractivity (Wildman–Crippen MR) is 44.0 cm³/mol. The Labute approximate surface area is 76.9 Å². The van der Waals surface area contributed by atoms with E-state index in [1.54, 1.807) is 6.07 Å². The minimum atomic E-state index is -0.914. The topological polar surface area (TPSA) is 27.0 Å². The lowest BCUT2D eigenvalue weighted by molar-refractivity contribution is -0.417. The normalized spacial score (nSPS) is 10.3. The van der Waals surface area contributed by atoms with Crippen LogP contribution >= 0.6 is 11.3 Å². The molecule has 0 spiro atoms. The lowest BCUT2D eigenvalue weighted by atomic mass is 10.3. The van der Waals surface area contributed by atoms with E-state index >= 15 is 0 Å². The Kier molecular flexibility index (Phi) is 2.02. The van der Waals surface area contributed by atoms with Crippen LogP contribution in [-0.4, -0.2) is 4.98 Å². The van der Waals surface area contributed by atoms with Gasteiger partial charge in [0.2, 0.25) is 0 Å². The first-order valence-corrected chi connectivity index (χ1v) is 4.43. The molecule has 0 fully saturated rings. The molecule has 0 unspecified atom stereocenters. The number of hydrogen-bond donors (Lipinski definition) is 0. The fourth-order valence-corrected chi connectivity index (χ4v) is 1.68. The molecule has 66 valence electrons. The summed E-state index contributed by atoms with van der Waals surface area (Å²) < 4.78 is 25.3. The van der Waals surface area contributed by atoms with Gasteiger partial charge in [0.05, 0.1) is 10.9 Å². The Hall–Kier alpha value is -1.36. The van der Waals surface area contributed by atoms with Crippen LogP contribution < -0.4 is 4.98 Å². The molecular formula is C8H5F2N2S+. The summed E-state index contributed by atoms with van der Waals surface area (Å²) in [6, 6.07) is 4.74. The molecule has 2 aromatic heterocycles. The third kappa shape index (κ3) is 1.70. The second kappa shape index (κ2) is 3.18. The van der Waals surface area contributed by atoms with Crippen molar-refractivity contribution >= 4 is 11.3 Å². The monoisotopic (exact) mass is 199 g/mol. The van der Waals surface area contributed by atoms with Crippen molar-refractivity contribution in [2.24, 2.45) is 0 Å². The van der Waals surface area contributed by atoms with Crippen LogP contribution in [0, 0.1) is 12.0 Å². The first-order valence-electron chi connectivity index (χ1n) is 3.55. The maximum Gasteiger partial charge on any atom is 0.489 e. The molecule has 0 aliphatic rings. The Morgan fingerprint density at radius 3 is 2.85 bits per heavy atom. The zero-order valence-corrected chi connectivity index (χ0v) is 7.24. The number of aromatic nitrogens is 2. The first kappa shape index (κ1) is 8.25. The van der Waals surface area contributed by atoms with Crippen molar-refractivity contribution in [2.45, 2.75) is 0 Å². The summed E-state index contributed by atoms with van der Waals surface area (Å²) in [6.45, 7) is 0. The van der Waals surface area contributed by atoms with Crippen molar-refractivity contribution in [3.63, 3.8) is 0 Å². The van der Waals surface area contributed by atoms with Gasteiger partial charge in [-0.3, -0.25) is 0 Å². The summed E-state index contributed by atoms with van der Waals surface area (Å²) in [6.07, 6.45) is -0.914. The van der Waals surface area contributed by atoms with Gasteiger partial charge < -0.3 is 0 Å². The Balaban J connectivity index is 2.53. The highest BCUT2D eigenvalue weighted by Gasteiger charge is 2.13. The summed E-state index contributed by atoms with van der Waals surface area (Å²) >= 11 is 1.40. The maximum atomic E-state index is 12.7. The highest BCUT2D eigenvalue weighted by atomic mass is 32.1. The summed E-state index contributed by atoms with van der Waals surface area (Å²) in [5.41, 5.74) is 0.403. The number of hydrogen-bond acceptors (Lipinski definition) is 2. The molecule has 2 nitrogen and oxygen atoms in total. The highest BCUT2D eigenvalue weighted by Crippen LogP contribution is 2.20. The van der Waals surface area contributed by atoms with Crippen LogP contribution in [0.1, 0.15) is 0 Å². The molecule has 0 bridgehead atoms. The van der Waals surface area contributed by atoms with E-state index in [2.05, 4.69) is 9.97 Å². The molecule has 0 aromatic carbocycles. The van der Waals surface area contributed by atoms with Crippen molar-refractivity contribution in [3.05, 3.63) is 35.6 Å². The van der Waals surface area contributed by atoms with E-state index in [4.69, 9.17) is 0 Å². The molecule has 0 radical (unpaired) electrons. The average Bonchev–Trinajstić information content (AvgIpc) is 2.53. The minimum Gasteiger partial charge on any atom is -0.209 e. The molecule has 2 heterocycles. The second-order valence-corrected chi connectivity index (χ2v) is 3.33. The van der Waals surface area contributed by atoms with Crippen molar-refractivity contribution in [2.75, 3.05) is 0 Å². The van der Waals surface area contributed by atoms with Crippen LogP contribution in [0.4, 0.5) is 8.78 Å². The van der Waals surface area contributed by atoms with Crippen LogP contribution in [0.15, 0.2) is 23.6 Å². The lowest BCUT2D eigenvalue weighted by Gasteiger charge is -1.89. The van der Waals surface area contributed by atoms with Crippen molar-refractivity contribution in [1.82, 2.24) is 4.98 Å². The SMILES string of the molecule is Fc1cc(-c2cccs2)[nH+]c(F)n1. The Bertz CT molecular complexity index is 394. The van der Waals surface area contributed by atoms with Gasteiger partial charge in [0, 0.05) is 4.98 Å². The van der Waals surface area contributed by atoms with Gasteiger partial charge in [-0.25, -0.2) is 4.98 Å². The molecule has 0 saturated carbocycles. The van der Waals surface area contributed by atoms with E-state index in [0.29, 0.717) is 5.69 Å². The van der Waals surface area contributed by atoms with Gasteiger partial charge in [0.25, 0.3) is 0 Å². The zero-order chi connectivity index (χ0) is 9.26. The third-order valence-corrected chi connectivity index (χ3v) is 2.40. The standard InChI is InChI=1S/C8H4F2N2S/c9-7-4-5(11-8(10)12-7)6-2-1-3-13-6/h1-4H/p+1. The Morgan fingerprint density at radius 1 is 1.38 bits per heavy atom. The zero-order valence-electron chi connectivity index (χ0n) is 6.42. The largest absolute Gasteiger partial charge is 0.489 e. The summed E-state index contributed by atoms with van der Waals surface area (Å²) in [7, 11) is 0. The van der Waals surface area contributed by atoms with Crippen LogP contribution in [0.2, 0.25) is 0 Å². The number of nitrogens with one attached hydrogen (secondary N) is 1. The fourth-order valence-electron chi connectivity index (χ4n) is 0.985. The number of rotatable bonds is 1. The molecular weight excluding hydrogens is 194 g/mol. The van der Waals surface area contributed by atoms with Crippen LogP contribution in [-0.2, 0) is 0 Å². The van der Waals surface area contributed by atoms with E-state index in [1.807, 2.05) is 11.4 Å². The van der Waals surface area contributed by atoms with Crippen molar-refractivity contribution < 1.29 is 13.8 Å². The number of halogens is 2. The van der Waals surface area contributed by atoms with E-state index < -0.39 is 12.0 Å². The number of nitrogens with zero attached hydrogens (tertiary/aromatic N) is 1. The van der Waals surface area contributed by atoms with Crippen molar-refractivity contribution in [3.8, 4) is 10.6 Å². The quantitative estimate of drug-likeness (QED) is 0.509. The average molecular weight is 199 g/mol. The predicted octanol–water partition coefficient (Wildman–Crippen LogP) is 1.90. The number of H-pyrrole nitrogens is 1. The summed E-state index contributed by atoms with van der Waals surface area (Å²) in [5.74, 6) is -0.820. The molecule has 0 saturated heterocycles. The molecule has 2 rings (SSSR count). The molecule has 0 aliphatic carbocycles. The fraction of sp³-hybridized carbons (Fsp3) is 0. The molecule has 13 heavy (non-hydrogen) atoms. The molecule has 1 N–H and O–H groups in total. The maximum absolute atomic E-state index is 12.7. The van der Waals surface area contributed by atoms with Gasteiger partial charge in [-0.2, -0.15) is 4.39 Å². The first-order chi connectivity index (χ1) is 6.25. The van der Waals surface area contributed by atoms with E-state index in [0.717, 1.165) is 10.9 Å². The lowest BCUT2D eigenvalue weighted by Crippen LogP contribution is -2.15. The van der Waals surface area contributed by atoms with Gasteiger partial charge >= 0.3 is 12.0 Å². The van der Waals surface area contributed by atoms with Gasteiger partial charge in [-0.15, -0.1) is 15.7 Å². The van der Waals surface area contributed by atoms with Gasteiger partial charge in [0.1, 0.15) is 0 Å². The van der Waals surface area contributed by atoms with Crippen molar-refractivity contribution in [1.29, 1.82) is 0 Å². The van der Waals surface area contributed by atoms with Crippen LogP contribution in [0.25, 0.3) is 10.6 Å². The van der Waals surface area contributed by atoms with E-state index in [-0.39, 0.29) is 0 Å².